The quantitative estimate of drug-likeness (QED) is 0.127. The summed E-state index contributed by atoms with van der Waals surface area (Å²) in [6.45, 7) is 2.38. The molecule has 0 aliphatic heterocycles. The third-order valence-electron chi connectivity index (χ3n) is 7.26. The van der Waals surface area contributed by atoms with Crippen LogP contribution in [0.1, 0.15) is 45.6 Å². The average Bonchev–Trinajstić information content (AvgIpc) is 3.27. The molecule has 0 saturated carbocycles. The van der Waals surface area contributed by atoms with Gasteiger partial charge in [-0.1, -0.05) is 42.5 Å². The zero-order valence-corrected chi connectivity index (χ0v) is 22.8. The van der Waals surface area contributed by atoms with Crippen molar-refractivity contribution in [3.05, 3.63) is 125 Å². The zero-order chi connectivity index (χ0) is 29.9. The first-order valence-corrected chi connectivity index (χ1v) is 13.5. The Balaban J connectivity index is 1.22. The molecule has 0 heterocycles. The van der Waals surface area contributed by atoms with Gasteiger partial charge in [0, 0.05) is 24.2 Å². The first kappa shape index (κ1) is 29.0. The summed E-state index contributed by atoms with van der Waals surface area (Å²) in [6.07, 6.45) is -4.12. The predicted octanol–water partition coefficient (Wildman–Crippen LogP) is 6.97. The Morgan fingerprint density at radius 1 is 0.929 bits per heavy atom. The van der Waals surface area contributed by atoms with Gasteiger partial charge in [0.1, 0.15) is 5.82 Å². The number of amides is 1. The number of anilines is 1. The van der Waals surface area contributed by atoms with Crippen molar-refractivity contribution in [2.45, 2.75) is 38.1 Å². The molecule has 0 radical (unpaired) electrons. The molecule has 0 unspecified atom stereocenters. The maximum atomic E-state index is 13.1. The van der Waals surface area contributed by atoms with Crippen LogP contribution in [0.25, 0.3) is 11.1 Å². The lowest BCUT2D eigenvalue weighted by Crippen LogP contribution is -2.33. The Hall–Kier alpha value is -4.50. The summed E-state index contributed by atoms with van der Waals surface area (Å²) in [6, 6.07) is 22.8. The van der Waals surface area contributed by atoms with Gasteiger partial charge in [-0.3, -0.25) is 9.79 Å². The maximum absolute atomic E-state index is 13.1. The molecule has 0 spiro atoms. The molecule has 5 nitrogen and oxygen atoms in total. The van der Waals surface area contributed by atoms with E-state index in [1.165, 1.54) is 24.3 Å². The molecule has 9 heteroatoms. The van der Waals surface area contributed by atoms with Crippen LogP contribution in [0, 0.1) is 5.82 Å². The zero-order valence-electron chi connectivity index (χ0n) is 22.8. The van der Waals surface area contributed by atoms with E-state index in [0.717, 1.165) is 34.5 Å². The number of carbonyl (C=O) groups is 1. The van der Waals surface area contributed by atoms with E-state index in [2.05, 4.69) is 15.6 Å². The van der Waals surface area contributed by atoms with Gasteiger partial charge in [-0.15, -0.1) is 0 Å². The number of rotatable bonds is 7. The van der Waals surface area contributed by atoms with Crippen LogP contribution in [-0.4, -0.2) is 29.5 Å². The second-order valence-corrected chi connectivity index (χ2v) is 10.3. The van der Waals surface area contributed by atoms with E-state index in [1.54, 1.807) is 36.4 Å². The first-order chi connectivity index (χ1) is 20.1. The number of alkyl halides is 3. The van der Waals surface area contributed by atoms with Gasteiger partial charge in [-0.05, 0) is 89.7 Å². The standard InChI is InChI=1S/C33H29F4N3O2/c1-20(38-17-16-21-2-13-27(34)14-3-21)39-28-15-10-25-18-30(41)31(29(25)19-28)40-32(42)24-6-4-22(5-7-24)23-8-11-26(12-9-23)33(35,36)37/h2-15,19,30-31,41H,16-18H2,1H3,(H,38,39)(H,40,42)/t30-,31-/m1/s1. The molecule has 2 atom stereocenters. The predicted molar refractivity (Wildman–Crippen MR) is 155 cm³/mol. The Kier molecular flexibility index (Phi) is 8.40. The highest BCUT2D eigenvalue weighted by Gasteiger charge is 2.33. The number of aliphatic hydroxyl groups is 1. The number of nitrogens with one attached hydrogen (secondary N) is 2. The number of halogens is 4. The largest absolute Gasteiger partial charge is 0.416 e. The Morgan fingerprint density at radius 2 is 1.57 bits per heavy atom. The summed E-state index contributed by atoms with van der Waals surface area (Å²) >= 11 is 0. The SMILES string of the molecule is CC(=NCCc1ccc(F)cc1)Nc1ccc2c(c1)[C@@H](NC(=O)c1ccc(-c3ccc(C(F)(F)F)cc3)cc1)[C@H](O)C2. The fourth-order valence-electron chi connectivity index (χ4n) is 5.01. The Labute approximate surface area is 240 Å². The van der Waals surface area contributed by atoms with Gasteiger partial charge in [-0.2, -0.15) is 13.2 Å². The van der Waals surface area contributed by atoms with Gasteiger partial charge in [0.15, 0.2) is 0 Å². The summed E-state index contributed by atoms with van der Waals surface area (Å²) in [5, 5.41) is 16.9. The molecule has 1 amide bonds. The van der Waals surface area contributed by atoms with E-state index in [4.69, 9.17) is 0 Å². The lowest BCUT2D eigenvalue weighted by molar-refractivity contribution is -0.137. The summed E-state index contributed by atoms with van der Waals surface area (Å²) in [7, 11) is 0. The fourth-order valence-corrected chi connectivity index (χ4v) is 5.01. The topological polar surface area (TPSA) is 73.7 Å². The minimum atomic E-state index is -4.40. The van der Waals surface area contributed by atoms with Crippen LogP contribution in [-0.2, 0) is 19.0 Å². The average molecular weight is 576 g/mol. The van der Waals surface area contributed by atoms with Gasteiger partial charge < -0.3 is 15.7 Å². The minimum Gasteiger partial charge on any atom is -0.390 e. The number of nitrogens with zero attached hydrogens (tertiary/aromatic N) is 1. The highest BCUT2D eigenvalue weighted by atomic mass is 19.4. The van der Waals surface area contributed by atoms with E-state index in [9.17, 15) is 27.5 Å². The van der Waals surface area contributed by atoms with E-state index in [0.29, 0.717) is 41.9 Å². The summed E-state index contributed by atoms with van der Waals surface area (Å²) < 4.78 is 51.7. The third-order valence-corrected chi connectivity index (χ3v) is 7.26. The molecule has 0 saturated heterocycles. The molecule has 1 aliphatic carbocycles. The van der Waals surface area contributed by atoms with Gasteiger partial charge in [0.25, 0.3) is 5.91 Å². The van der Waals surface area contributed by atoms with Crippen LogP contribution in [0.5, 0.6) is 0 Å². The summed E-state index contributed by atoms with van der Waals surface area (Å²) in [5.41, 5.74) is 4.42. The van der Waals surface area contributed by atoms with E-state index < -0.39 is 23.9 Å². The molecule has 4 aromatic carbocycles. The molecule has 4 aromatic rings. The monoisotopic (exact) mass is 575 g/mol. The number of hydrogen-bond donors (Lipinski definition) is 3. The fraction of sp³-hybridized carbons (Fsp3) is 0.212. The molecule has 42 heavy (non-hydrogen) atoms. The van der Waals surface area contributed by atoms with Crippen molar-refractivity contribution in [3.8, 4) is 11.1 Å². The third kappa shape index (κ3) is 6.86. The number of aliphatic hydroxyl groups excluding tert-OH is 1. The van der Waals surface area contributed by atoms with Crippen molar-refractivity contribution in [2.75, 3.05) is 11.9 Å². The summed E-state index contributed by atoms with van der Waals surface area (Å²) in [5.74, 6) is 0.0537. The van der Waals surface area contributed by atoms with Crippen LogP contribution < -0.4 is 10.6 Å². The van der Waals surface area contributed by atoms with E-state index in [-0.39, 0.29) is 11.7 Å². The van der Waals surface area contributed by atoms with Gasteiger partial charge >= 0.3 is 6.18 Å². The van der Waals surface area contributed by atoms with Crippen LogP contribution in [0.15, 0.2) is 96.0 Å². The number of amidine groups is 1. The molecule has 3 N–H and O–H groups in total. The van der Waals surface area contributed by atoms with Crippen LogP contribution >= 0.6 is 0 Å². The van der Waals surface area contributed by atoms with Crippen molar-refractivity contribution in [3.63, 3.8) is 0 Å². The summed E-state index contributed by atoms with van der Waals surface area (Å²) in [4.78, 5) is 17.6. The Morgan fingerprint density at radius 3 is 2.21 bits per heavy atom. The molecular formula is C33H29F4N3O2. The number of hydrogen-bond acceptors (Lipinski definition) is 3. The van der Waals surface area contributed by atoms with Crippen molar-refractivity contribution < 1.29 is 27.5 Å². The smallest absolute Gasteiger partial charge is 0.390 e. The second kappa shape index (κ2) is 12.2. The lowest BCUT2D eigenvalue weighted by Gasteiger charge is -2.19. The van der Waals surface area contributed by atoms with E-state index in [1.807, 2.05) is 25.1 Å². The molecular weight excluding hydrogens is 546 g/mol. The number of benzene rings is 4. The van der Waals surface area contributed by atoms with Gasteiger partial charge in [0.05, 0.1) is 23.5 Å². The normalized spacial score (nSPS) is 16.7. The van der Waals surface area contributed by atoms with Crippen molar-refractivity contribution >= 4 is 17.4 Å². The van der Waals surface area contributed by atoms with E-state index >= 15 is 0 Å². The first-order valence-electron chi connectivity index (χ1n) is 13.5. The highest BCUT2D eigenvalue weighted by molar-refractivity contribution is 5.95. The lowest BCUT2D eigenvalue weighted by atomic mass is 10.0. The number of fused-ring (bicyclic) bond motifs is 1. The van der Waals surface area contributed by atoms with Crippen LogP contribution in [0.2, 0.25) is 0 Å². The molecule has 1 aliphatic rings. The van der Waals surface area contributed by atoms with Crippen molar-refractivity contribution in [1.29, 1.82) is 0 Å². The van der Waals surface area contributed by atoms with Crippen molar-refractivity contribution in [1.82, 2.24) is 5.32 Å². The van der Waals surface area contributed by atoms with Gasteiger partial charge in [0.2, 0.25) is 0 Å². The van der Waals surface area contributed by atoms with Crippen LogP contribution in [0.4, 0.5) is 23.2 Å². The minimum absolute atomic E-state index is 0.272. The molecule has 0 bridgehead atoms. The maximum Gasteiger partial charge on any atom is 0.416 e. The molecule has 216 valence electrons. The molecule has 0 fully saturated rings. The molecule has 0 aromatic heterocycles. The van der Waals surface area contributed by atoms with Crippen molar-refractivity contribution in [2.24, 2.45) is 4.99 Å². The Bertz CT molecular complexity index is 1580. The van der Waals surface area contributed by atoms with Crippen LogP contribution in [0.3, 0.4) is 0 Å². The van der Waals surface area contributed by atoms with Gasteiger partial charge in [-0.25, -0.2) is 4.39 Å². The molecule has 5 rings (SSSR count). The second-order valence-electron chi connectivity index (χ2n) is 10.3. The number of aliphatic imine (C=N–C) groups is 1. The number of carbonyl (C=O) groups excluding carboxylic acids is 1. The highest BCUT2D eigenvalue weighted by Crippen LogP contribution is 2.34.